The SMILES string of the molecule is COc1cccc2cc(C(=O)C3=C(O)C(=O)N(c4ccc5c(c4)OCO5)C3c3ccc(OC(C)C)cc3)oc12. The lowest BCUT2D eigenvalue weighted by Crippen LogP contribution is -2.31. The third kappa shape index (κ3) is 4.12. The predicted molar refractivity (Wildman–Crippen MR) is 142 cm³/mol. The highest BCUT2D eigenvalue weighted by molar-refractivity contribution is 6.20. The van der Waals surface area contributed by atoms with E-state index in [-0.39, 0.29) is 24.2 Å². The molecule has 0 saturated heterocycles. The second-order valence-corrected chi connectivity index (χ2v) is 9.43. The normalized spacial score (nSPS) is 16.5. The summed E-state index contributed by atoms with van der Waals surface area (Å²) >= 11 is 0. The van der Waals surface area contributed by atoms with Crippen LogP contribution in [0.2, 0.25) is 0 Å². The molecule has 0 aliphatic carbocycles. The number of rotatable bonds is 7. The number of aliphatic hydroxyl groups excluding tert-OH is 1. The number of methoxy groups -OCH3 is 1. The van der Waals surface area contributed by atoms with Gasteiger partial charge in [0.2, 0.25) is 12.6 Å². The maximum atomic E-state index is 13.9. The van der Waals surface area contributed by atoms with Crippen molar-refractivity contribution >= 4 is 28.3 Å². The highest BCUT2D eigenvalue weighted by atomic mass is 16.7. The van der Waals surface area contributed by atoms with Gasteiger partial charge in [-0.05, 0) is 55.8 Å². The smallest absolute Gasteiger partial charge is 0.294 e. The molecule has 2 aliphatic heterocycles. The van der Waals surface area contributed by atoms with E-state index < -0.39 is 23.5 Å². The van der Waals surface area contributed by atoms with Crippen LogP contribution in [0.1, 0.15) is 36.0 Å². The van der Waals surface area contributed by atoms with E-state index in [0.29, 0.717) is 45.2 Å². The Hall–Kier alpha value is -4.92. The first-order chi connectivity index (χ1) is 18.9. The van der Waals surface area contributed by atoms with E-state index in [1.807, 2.05) is 13.8 Å². The van der Waals surface area contributed by atoms with E-state index in [1.165, 1.54) is 12.0 Å². The molecule has 1 N–H and O–H groups in total. The van der Waals surface area contributed by atoms with Crippen LogP contribution in [0.3, 0.4) is 0 Å². The zero-order valence-electron chi connectivity index (χ0n) is 21.5. The second kappa shape index (κ2) is 9.43. The molecule has 1 aromatic heterocycles. The Morgan fingerprint density at radius 3 is 2.54 bits per heavy atom. The van der Waals surface area contributed by atoms with Crippen LogP contribution in [0.15, 0.2) is 82.5 Å². The third-order valence-corrected chi connectivity index (χ3v) is 6.61. The molecule has 0 radical (unpaired) electrons. The largest absolute Gasteiger partial charge is 0.503 e. The van der Waals surface area contributed by atoms with E-state index in [9.17, 15) is 14.7 Å². The van der Waals surface area contributed by atoms with Gasteiger partial charge in [0.15, 0.2) is 34.4 Å². The third-order valence-electron chi connectivity index (χ3n) is 6.61. The van der Waals surface area contributed by atoms with Gasteiger partial charge in [0.05, 0.1) is 24.8 Å². The first-order valence-corrected chi connectivity index (χ1v) is 12.4. The molecule has 4 aromatic rings. The van der Waals surface area contributed by atoms with Gasteiger partial charge in [-0.2, -0.15) is 0 Å². The average molecular weight is 528 g/mol. The summed E-state index contributed by atoms with van der Waals surface area (Å²) in [6.07, 6.45) is -0.0276. The Bertz CT molecular complexity index is 1630. The molecule has 9 heteroatoms. The Morgan fingerprint density at radius 1 is 1.03 bits per heavy atom. The topological polar surface area (TPSA) is 108 Å². The molecule has 198 valence electrons. The van der Waals surface area contributed by atoms with E-state index >= 15 is 0 Å². The quantitative estimate of drug-likeness (QED) is 0.303. The molecule has 9 nitrogen and oxygen atoms in total. The number of aliphatic hydroxyl groups is 1. The standard InChI is InChI=1S/C30H25NO8/c1-16(2)38-20-10-7-17(8-11-20)26-25(27(32)24-13-18-5-4-6-22(35-3)29(18)39-24)28(33)30(34)31(26)19-9-12-21-23(14-19)37-15-36-21/h4-14,16,26,33H,15H2,1-3H3. The van der Waals surface area contributed by atoms with Gasteiger partial charge in [0.25, 0.3) is 5.91 Å². The number of furan rings is 1. The van der Waals surface area contributed by atoms with Gasteiger partial charge in [0, 0.05) is 17.1 Å². The van der Waals surface area contributed by atoms with Crippen molar-refractivity contribution in [1.29, 1.82) is 0 Å². The van der Waals surface area contributed by atoms with Crippen molar-refractivity contribution in [3.63, 3.8) is 0 Å². The van der Waals surface area contributed by atoms with Crippen molar-refractivity contribution in [2.75, 3.05) is 18.8 Å². The number of carbonyl (C=O) groups excluding carboxylic acids is 2. The van der Waals surface area contributed by atoms with Crippen LogP contribution in [0, 0.1) is 0 Å². The summed E-state index contributed by atoms with van der Waals surface area (Å²) in [6.45, 7) is 3.91. The van der Waals surface area contributed by atoms with E-state index in [0.717, 1.165) is 0 Å². The summed E-state index contributed by atoms with van der Waals surface area (Å²) in [4.78, 5) is 28.8. The fraction of sp³-hybridized carbons (Fsp3) is 0.200. The number of fused-ring (bicyclic) bond motifs is 2. The number of anilines is 1. The van der Waals surface area contributed by atoms with E-state index in [4.69, 9.17) is 23.4 Å². The number of amides is 1. The fourth-order valence-electron chi connectivity index (χ4n) is 4.90. The first-order valence-electron chi connectivity index (χ1n) is 12.4. The minimum Gasteiger partial charge on any atom is -0.503 e. The van der Waals surface area contributed by atoms with Crippen molar-refractivity contribution in [2.24, 2.45) is 0 Å². The summed E-state index contributed by atoms with van der Waals surface area (Å²) in [5.74, 6) is 0.0851. The molecule has 39 heavy (non-hydrogen) atoms. The summed E-state index contributed by atoms with van der Waals surface area (Å²) < 4.78 is 27.9. The van der Waals surface area contributed by atoms with Crippen LogP contribution in [0.5, 0.6) is 23.0 Å². The number of Topliss-reactive ketones (excluding diaryl/α,β-unsaturated/α-hetero) is 1. The summed E-state index contributed by atoms with van der Waals surface area (Å²) in [7, 11) is 1.51. The zero-order chi connectivity index (χ0) is 27.3. The highest BCUT2D eigenvalue weighted by Gasteiger charge is 2.45. The molecule has 3 heterocycles. The molecule has 0 saturated carbocycles. The van der Waals surface area contributed by atoms with Crippen LogP contribution in [-0.2, 0) is 4.79 Å². The number of carbonyl (C=O) groups is 2. The maximum absolute atomic E-state index is 13.9. The monoisotopic (exact) mass is 527 g/mol. The summed E-state index contributed by atoms with van der Waals surface area (Å²) in [5.41, 5.74) is 1.32. The summed E-state index contributed by atoms with van der Waals surface area (Å²) in [6, 6.07) is 18.0. The molecule has 0 bridgehead atoms. The number of hydrogen-bond donors (Lipinski definition) is 1. The van der Waals surface area contributed by atoms with E-state index in [1.54, 1.807) is 66.7 Å². The van der Waals surface area contributed by atoms with Gasteiger partial charge < -0.3 is 28.5 Å². The Labute approximate surface area is 223 Å². The molecule has 1 atom stereocenters. The minimum absolute atomic E-state index is 0.0267. The number of ketones is 1. The first kappa shape index (κ1) is 24.4. The highest BCUT2D eigenvalue weighted by Crippen LogP contribution is 2.45. The van der Waals surface area contributed by atoms with Gasteiger partial charge in [-0.15, -0.1) is 0 Å². The number of benzene rings is 3. The number of nitrogens with zero attached hydrogens (tertiary/aromatic N) is 1. The van der Waals surface area contributed by atoms with Gasteiger partial charge >= 0.3 is 0 Å². The number of ether oxygens (including phenoxy) is 4. The lowest BCUT2D eigenvalue weighted by molar-refractivity contribution is -0.117. The number of hydrogen-bond acceptors (Lipinski definition) is 8. The van der Waals surface area contributed by atoms with Crippen molar-refractivity contribution < 1.29 is 38.1 Å². The van der Waals surface area contributed by atoms with Crippen molar-refractivity contribution in [3.8, 4) is 23.0 Å². The molecule has 3 aromatic carbocycles. The number of para-hydroxylation sites is 1. The molecule has 0 fully saturated rings. The minimum atomic E-state index is -0.950. The van der Waals surface area contributed by atoms with Gasteiger partial charge in [-0.25, -0.2) is 0 Å². The fourth-order valence-corrected chi connectivity index (χ4v) is 4.90. The molecule has 1 amide bonds. The van der Waals surface area contributed by atoms with Crippen LogP contribution in [0.25, 0.3) is 11.0 Å². The van der Waals surface area contributed by atoms with Crippen molar-refractivity contribution in [2.45, 2.75) is 26.0 Å². The molecular formula is C30H25NO8. The average Bonchev–Trinajstić information content (AvgIpc) is 3.64. The van der Waals surface area contributed by atoms with Crippen LogP contribution in [-0.4, -0.2) is 36.8 Å². The van der Waals surface area contributed by atoms with Gasteiger partial charge in [-0.1, -0.05) is 24.3 Å². The van der Waals surface area contributed by atoms with Crippen molar-refractivity contribution in [3.05, 3.63) is 89.4 Å². The molecular weight excluding hydrogens is 502 g/mol. The van der Waals surface area contributed by atoms with Gasteiger partial charge in [-0.3, -0.25) is 14.5 Å². The summed E-state index contributed by atoms with van der Waals surface area (Å²) in [5, 5.41) is 11.8. The Morgan fingerprint density at radius 2 is 1.79 bits per heavy atom. The van der Waals surface area contributed by atoms with E-state index in [2.05, 4.69) is 0 Å². The van der Waals surface area contributed by atoms with Crippen LogP contribution in [0.4, 0.5) is 5.69 Å². The van der Waals surface area contributed by atoms with Gasteiger partial charge in [0.1, 0.15) is 5.75 Å². The molecule has 2 aliphatic rings. The van der Waals surface area contributed by atoms with Crippen LogP contribution >= 0.6 is 0 Å². The zero-order valence-corrected chi connectivity index (χ0v) is 21.5. The maximum Gasteiger partial charge on any atom is 0.294 e. The molecule has 6 rings (SSSR count). The Kier molecular flexibility index (Phi) is 5.91. The van der Waals surface area contributed by atoms with Crippen molar-refractivity contribution in [1.82, 2.24) is 0 Å². The molecule has 0 spiro atoms. The predicted octanol–water partition coefficient (Wildman–Crippen LogP) is 5.74. The van der Waals surface area contributed by atoms with Crippen LogP contribution < -0.4 is 23.8 Å². The molecule has 1 unspecified atom stereocenters. The Balaban J connectivity index is 1.46. The lowest BCUT2D eigenvalue weighted by Gasteiger charge is -2.27. The second-order valence-electron chi connectivity index (χ2n) is 9.43. The lowest BCUT2D eigenvalue weighted by atomic mass is 9.94.